The first-order valence-corrected chi connectivity index (χ1v) is 8.65. The van der Waals surface area contributed by atoms with Crippen molar-refractivity contribution < 1.29 is 9.18 Å². The third-order valence-corrected chi connectivity index (χ3v) is 4.77. The van der Waals surface area contributed by atoms with Crippen molar-refractivity contribution in [2.75, 3.05) is 7.05 Å². The van der Waals surface area contributed by atoms with E-state index < -0.39 is 11.7 Å². The minimum atomic E-state index is -0.545. The van der Waals surface area contributed by atoms with Crippen molar-refractivity contribution in [2.24, 2.45) is 7.05 Å². The Balaban J connectivity index is 1.68. The second kappa shape index (κ2) is 6.42. The van der Waals surface area contributed by atoms with Crippen LogP contribution in [0.3, 0.4) is 0 Å². The minimum Gasteiger partial charge on any atom is -0.366 e. The predicted octanol–water partition coefficient (Wildman–Crippen LogP) is 2.37. The average Bonchev–Trinajstić information content (AvgIpc) is 3.22. The van der Waals surface area contributed by atoms with E-state index in [-0.39, 0.29) is 11.7 Å². The van der Waals surface area contributed by atoms with Crippen LogP contribution in [-0.2, 0) is 7.05 Å². The first-order valence-electron chi connectivity index (χ1n) is 8.65. The van der Waals surface area contributed by atoms with E-state index in [2.05, 4.69) is 32.8 Å². The number of nitrogens with zero attached hydrogens (tertiary/aromatic N) is 3. The van der Waals surface area contributed by atoms with Gasteiger partial charge in [0.25, 0.3) is 5.91 Å². The van der Waals surface area contributed by atoms with Gasteiger partial charge < -0.3 is 15.5 Å². The van der Waals surface area contributed by atoms with Crippen LogP contribution in [0.5, 0.6) is 0 Å². The molecule has 0 saturated carbocycles. The van der Waals surface area contributed by atoms with Gasteiger partial charge in [0, 0.05) is 49.4 Å². The van der Waals surface area contributed by atoms with Crippen molar-refractivity contribution in [3.05, 3.63) is 77.1 Å². The van der Waals surface area contributed by atoms with Gasteiger partial charge in [0.1, 0.15) is 12.0 Å². The number of halogens is 1. The molecule has 0 fully saturated rings. The SMILES string of the molecule is CNC(=O)c1ccc(C2=CNC3C=CC(c4cn(C)nc4C)=CN23)cc1F. The number of rotatable bonds is 3. The summed E-state index contributed by atoms with van der Waals surface area (Å²) in [6.07, 6.45) is 9.97. The lowest BCUT2D eigenvalue weighted by Crippen LogP contribution is -2.32. The highest BCUT2D eigenvalue weighted by atomic mass is 19.1. The van der Waals surface area contributed by atoms with Gasteiger partial charge in [-0.25, -0.2) is 4.39 Å². The minimum absolute atomic E-state index is 0.0256. The van der Waals surface area contributed by atoms with Gasteiger partial charge in [-0.3, -0.25) is 9.48 Å². The van der Waals surface area contributed by atoms with Crippen molar-refractivity contribution in [3.63, 3.8) is 0 Å². The fourth-order valence-corrected chi connectivity index (χ4v) is 3.42. The Labute approximate surface area is 156 Å². The van der Waals surface area contributed by atoms with Crippen LogP contribution in [0.15, 0.2) is 48.9 Å². The standard InChI is InChI=1S/C20H20FN5O/c1-12-16(11-25(3)24-12)14-5-7-19-23-9-18(26(19)10-14)13-4-6-15(17(21)8-13)20(27)22-2/h4-11,19,23H,1-3H3,(H,22,27). The number of allylic oxidation sites excluding steroid dienone is 2. The average molecular weight is 365 g/mol. The molecule has 2 aliphatic heterocycles. The van der Waals surface area contributed by atoms with Crippen molar-refractivity contribution in [1.29, 1.82) is 0 Å². The summed E-state index contributed by atoms with van der Waals surface area (Å²) in [5.41, 5.74) is 4.61. The molecular weight excluding hydrogens is 345 g/mol. The number of amides is 1. The Bertz CT molecular complexity index is 1020. The van der Waals surface area contributed by atoms with Gasteiger partial charge in [0.15, 0.2) is 0 Å². The molecule has 0 bridgehead atoms. The summed E-state index contributed by atoms with van der Waals surface area (Å²) in [4.78, 5) is 13.8. The first kappa shape index (κ1) is 17.1. The quantitative estimate of drug-likeness (QED) is 0.877. The predicted molar refractivity (Wildman–Crippen MR) is 102 cm³/mol. The van der Waals surface area contributed by atoms with Gasteiger partial charge in [-0.1, -0.05) is 12.1 Å². The van der Waals surface area contributed by atoms with Gasteiger partial charge >= 0.3 is 0 Å². The Hall–Kier alpha value is -3.35. The van der Waals surface area contributed by atoms with Crippen LogP contribution in [-0.4, -0.2) is 33.8 Å². The van der Waals surface area contributed by atoms with Crippen LogP contribution in [0.1, 0.15) is 27.2 Å². The fourth-order valence-electron chi connectivity index (χ4n) is 3.42. The third-order valence-electron chi connectivity index (χ3n) is 4.77. The van der Waals surface area contributed by atoms with Gasteiger partial charge in [-0.05, 0) is 25.1 Å². The second-order valence-corrected chi connectivity index (χ2v) is 6.57. The molecule has 0 saturated heterocycles. The van der Waals surface area contributed by atoms with E-state index in [1.807, 2.05) is 32.6 Å². The van der Waals surface area contributed by atoms with Crippen molar-refractivity contribution in [2.45, 2.75) is 13.1 Å². The zero-order valence-corrected chi connectivity index (χ0v) is 15.3. The Kier molecular flexibility index (Phi) is 4.07. The fraction of sp³-hybridized carbons (Fsp3) is 0.200. The summed E-state index contributed by atoms with van der Waals surface area (Å²) in [5, 5.41) is 10.1. The topological polar surface area (TPSA) is 62.2 Å². The number of carbonyl (C=O) groups excluding carboxylic acids is 1. The maximum Gasteiger partial charge on any atom is 0.253 e. The van der Waals surface area contributed by atoms with Crippen molar-refractivity contribution in [3.8, 4) is 0 Å². The number of aryl methyl sites for hydroxylation is 2. The Morgan fingerprint density at radius 3 is 2.85 bits per heavy atom. The number of nitrogens with one attached hydrogen (secondary N) is 2. The zero-order valence-electron chi connectivity index (χ0n) is 15.3. The van der Waals surface area contributed by atoms with E-state index in [9.17, 15) is 9.18 Å². The third kappa shape index (κ3) is 2.91. The van der Waals surface area contributed by atoms with E-state index in [4.69, 9.17) is 0 Å². The van der Waals surface area contributed by atoms with Crippen LogP contribution in [0, 0.1) is 12.7 Å². The lowest BCUT2D eigenvalue weighted by atomic mass is 10.0. The molecule has 1 aromatic carbocycles. The summed E-state index contributed by atoms with van der Waals surface area (Å²) in [6.45, 7) is 1.97. The second-order valence-electron chi connectivity index (χ2n) is 6.57. The number of fused-ring (bicyclic) bond motifs is 1. The maximum absolute atomic E-state index is 14.4. The molecular formula is C20H20FN5O. The summed E-state index contributed by atoms with van der Waals surface area (Å²) < 4.78 is 16.2. The molecule has 0 aliphatic carbocycles. The molecule has 138 valence electrons. The molecule has 2 aliphatic rings. The zero-order chi connectivity index (χ0) is 19.1. The molecule has 0 radical (unpaired) electrons. The van der Waals surface area contributed by atoms with E-state index in [0.29, 0.717) is 5.56 Å². The molecule has 2 N–H and O–H groups in total. The number of hydrogen-bond acceptors (Lipinski definition) is 4. The van der Waals surface area contributed by atoms with Crippen LogP contribution in [0.4, 0.5) is 4.39 Å². The summed E-state index contributed by atoms with van der Waals surface area (Å²) in [5.74, 6) is -0.985. The van der Waals surface area contributed by atoms with Crippen LogP contribution >= 0.6 is 0 Å². The van der Waals surface area contributed by atoms with E-state index in [0.717, 1.165) is 22.5 Å². The largest absolute Gasteiger partial charge is 0.366 e. The normalized spacial score (nSPS) is 17.9. The van der Waals surface area contributed by atoms with Crippen LogP contribution < -0.4 is 10.6 Å². The monoisotopic (exact) mass is 365 g/mol. The summed E-state index contributed by atoms with van der Waals surface area (Å²) in [6, 6.07) is 4.65. The summed E-state index contributed by atoms with van der Waals surface area (Å²) in [7, 11) is 3.38. The molecule has 27 heavy (non-hydrogen) atoms. The highest BCUT2D eigenvalue weighted by Gasteiger charge is 2.27. The molecule has 6 nitrogen and oxygen atoms in total. The van der Waals surface area contributed by atoms with Crippen LogP contribution in [0.25, 0.3) is 11.3 Å². The lowest BCUT2D eigenvalue weighted by Gasteiger charge is -2.28. The molecule has 1 unspecified atom stereocenters. The molecule has 7 heteroatoms. The highest BCUT2D eigenvalue weighted by molar-refractivity contribution is 5.94. The first-order chi connectivity index (χ1) is 13.0. The lowest BCUT2D eigenvalue weighted by molar-refractivity contribution is 0.0959. The number of benzene rings is 1. The molecule has 1 atom stereocenters. The highest BCUT2D eigenvalue weighted by Crippen LogP contribution is 2.33. The molecule has 4 rings (SSSR count). The van der Waals surface area contributed by atoms with Gasteiger partial charge in [0.05, 0.1) is 17.0 Å². The number of carbonyl (C=O) groups is 1. The van der Waals surface area contributed by atoms with Gasteiger partial charge in [-0.15, -0.1) is 0 Å². The van der Waals surface area contributed by atoms with Gasteiger partial charge in [-0.2, -0.15) is 5.10 Å². The Morgan fingerprint density at radius 1 is 1.37 bits per heavy atom. The molecule has 2 aromatic rings. The van der Waals surface area contributed by atoms with E-state index in [1.165, 1.54) is 19.2 Å². The summed E-state index contributed by atoms with van der Waals surface area (Å²) >= 11 is 0. The van der Waals surface area contributed by atoms with Crippen molar-refractivity contribution in [1.82, 2.24) is 25.3 Å². The molecule has 0 spiro atoms. The van der Waals surface area contributed by atoms with Gasteiger partial charge in [0.2, 0.25) is 0 Å². The maximum atomic E-state index is 14.4. The Morgan fingerprint density at radius 2 is 2.19 bits per heavy atom. The number of hydrogen-bond donors (Lipinski definition) is 2. The molecule has 1 amide bonds. The smallest absolute Gasteiger partial charge is 0.253 e. The number of aromatic nitrogens is 2. The molecule has 3 heterocycles. The van der Waals surface area contributed by atoms with E-state index >= 15 is 0 Å². The van der Waals surface area contributed by atoms with Crippen molar-refractivity contribution >= 4 is 17.2 Å². The molecule has 1 aromatic heterocycles. The van der Waals surface area contributed by atoms with Crippen LogP contribution in [0.2, 0.25) is 0 Å². The van der Waals surface area contributed by atoms with E-state index in [1.54, 1.807) is 10.7 Å².